The maximum Gasteiger partial charge on any atom is 0.256 e. The minimum atomic E-state index is -0.0756. The number of nitriles is 1. The molecule has 0 unspecified atom stereocenters. The molecule has 0 spiro atoms. The van der Waals surface area contributed by atoms with E-state index in [4.69, 9.17) is 5.26 Å². The predicted molar refractivity (Wildman–Crippen MR) is 75.1 cm³/mol. The molecule has 0 aliphatic heterocycles. The van der Waals surface area contributed by atoms with Crippen molar-refractivity contribution in [1.82, 2.24) is 15.1 Å². The van der Waals surface area contributed by atoms with Gasteiger partial charge in [-0.15, -0.1) is 0 Å². The van der Waals surface area contributed by atoms with Crippen LogP contribution in [-0.4, -0.2) is 33.6 Å². The minimum Gasteiger partial charge on any atom is -0.322 e. The summed E-state index contributed by atoms with van der Waals surface area (Å²) in [4.78, 5) is 14.5. The molecular weight excluding hydrogens is 252 g/mol. The molecule has 0 atom stereocenters. The molecule has 1 fully saturated rings. The van der Waals surface area contributed by atoms with Gasteiger partial charge in [0.15, 0.2) is 0 Å². The lowest BCUT2D eigenvalue weighted by atomic mass is 10.1. The van der Waals surface area contributed by atoms with Crippen LogP contribution in [0.5, 0.6) is 0 Å². The Kier molecular flexibility index (Phi) is 4.67. The quantitative estimate of drug-likeness (QED) is 0.788. The Balaban J connectivity index is 2.31. The molecule has 5 nitrogen and oxygen atoms in total. The van der Waals surface area contributed by atoms with Gasteiger partial charge in [0.05, 0.1) is 23.0 Å². The van der Waals surface area contributed by atoms with Crippen molar-refractivity contribution in [2.75, 3.05) is 6.54 Å². The van der Waals surface area contributed by atoms with E-state index in [1.165, 1.54) is 0 Å². The second kappa shape index (κ2) is 6.47. The molecule has 1 aliphatic rings. The summed E-state index contributed by atoms with van der Waals surface area (Å²) in [6.45, 7) is 3.93. The minimum absolute atomic E-state index is 0.0756. The maximum atomic E-state index is 12.8. The van der Waals surface area contributed by atoms with E-state index in [0.29, 0.717) is 17.7 Å². The van der Waals surface area contributed by atoms with Crippen molar-refractivity contribution in [3.63, 3.8) is 0 Å². The summed E-state index contributed by atoms with van der Waals surface area (Å²) in [5.41, 5.74) is 2.04. The molecule has 0 bridgehead atoms. The smallest absolute Gasteiger partial charge is 0.256 e. The van der Waals surface area contributed by atoms with Crippen LogP contribution >= 0.6 is 0 Å². The molecule has 106 valence electrons. The van der Waals surface area contributed by atoms with E-state index < -0.39 is 0 Å². The Labute approximate surface area is 119 Å². The molecule has 1 heterocycles. The molecule has 2 rings (SSSR count). The average Bonchev–Trinajstić information content (AvgIpc) is 2.98. The van der Waals surface area contributed by atoms with Crippen LogP contribution in [0.3, 0.4) is 0 Å². The first-order chi connectivity index (χ1) is 9.67. The van der Waals surface area contributed by atoms with Gasteiger partial charge in [0.2, 0.25) is 0 Å². The third-order valence-corrected chi connectivity index (χ3v) is 3.83. The van der Waals surface area contributed by atoms with Gasteiger partial charge in [-0.05, 0) is 32.3 Å². The summed E-state index contributed by atoms with van der Waals surface area (Å²) in [6, 6.07) is 4.10. The van der Waals surface area contributed by atoms with E-state index >= 15 is 0 Å². The molecule has 20 heavy (non-hydrogen) atoms. The number of rotatable bonds is 4. The molecule has 1 saturated carbocycles. The largest absolute Gasteiger partial charge is 0.322 e. The van der Waals surface area contributed by atoms with Gasteiger partial charge in [0.1, 0.15) is 6.54 Å². The highest BCUT2D eigenvalue weighted by Crippen LogP contribution is 2.25. The second-order valence-corrected chi connectivity index (χ2v) is 5.23. The number of amides is 1. The Morgan fingerprint density at radius 3 is 2.75 bits per heavy atom. The predicted octanol–water partition coefficient (Wildman–Crippen LogP) is 2.26. The summed E-state index contributed by atoms with van der Waals surface area (Å²) in [6.07, 6.45) is 4.92. The van der Waals surface area contributed by atoms with E-state index in [-0.39, 0.29) is 18.5 Å². The van der Waals surface area contributed by atoms with E-state index in [2.05, 4.69) is 16.3 Å². The van der Waals surface area contributed by atoms with E-state index in [9.17, 15) is 4.79 Å². The monoisotopic (exact) mass is 272 g/mol. The number of nitrogens with zero attached hydrogens (tertiary/aromatic N) is 4. The van der Waals surface area contributed by atoms with Crippen molar-refractivity contribution in [2.45, 2.75) is 52.0 Å². The lowest BCUT2D eigenvalue weighted by molar-refractivity contribution is 0.0707. The van der Waals surface area contributed by atoms with Crippen LogP contribution in [0.1, 0.15) is 54.4 Å². The van der Waals surface area contributed by atoms with Crippen molar-refractivity contribution < 1.29 is 4.79 Å². The van der Waals surface area contributed by atoms with E-state index in [1.54, 1.807) is 11.0 Å². The lowest BCUT2D eigenvalue weighted by Crippen LogP contribution is -2.39. The summed E-state index contributed by atoms with van der Waals surface area (Å²) >= 11 is 0. The summed E-state index contributed by atoms with van der Waals surface area (Å²) < 4.78 is 0. The maximum absolute atomic E-state index is 12.8. The lowest BCUT2D eigenvalue weighted by Gasteiger charge is -2.27. The molecule has 5 heteroatoms. The van der Waals surface area contributed by atoms with Crippen LogP contribution in [-0.2, 0) is 6.42 Å². The van der Waals surface area contributed by atoms with Crippen LogP contribution in [0.4, 0.5) is 0 Å². The van der Waals surface area contributed by atoms with Crippen molar-refractivity contribution in [3.8, 4) is 6.07 Å². The number of carbonyl (C=O) groups is 1. The summed E-state index contributed by atoms with van der Waals surface area (Å²) in [5.74, 6) is -0.0756. The fraction of sp³-hybridized carbons (Fsp3) is 0.600. The zero-order chi connectivity index (χ0) is 14.5. The highest BCUT2D eigenvalue weighted by Gasteiger charge is 2.28. The van der Waals surface area contributed by atoms with Crippen LogP contribution in [0, 0.1) is 18.3 Å². The Bertz CT molecular complexity index is 529. The fourth-order valence-electron chi connectivity index (χ4n) is 2.77. The summed E-state index contributed by atoms with van der Waals surface area (Å²) in [7, 11) is 0. The number of hydrogen-bond donors (Lipinski definition) is 0. The molecule has 1 aromatic rings. The number of aromatic nitrogens is 2. The van der Waals surface area contributed by atoms with Crippen molar-refractivity contribution in [2.24, 2.45) is 0 Å². The Morgan fingerprint density at radius 1 is 1.45 bits per heavy atom. The molecular formula is C15H20N4O. The van der Waals surface area contributed by atoms with E-state index in [0.717, 1.165) is 31.4 Å². The zero-order valence-corrected chi connectivity index (χ0v) is 12.1. The number of aryl methyl sites for hydroxylation is 2. The van der Waals surface area contributed by atoms with Crippen LogP contribution in [0.25, 0.3) is 0 Å². The molecule has 0 aromatic carbocycles. The number of carbonyl (C=O) groups excluding carboxylic acids is 1. The highest BCUT2D eigenvalue weighted by atomic mass is 16.2. The van der Waals surface area contributed by atoms with E-state index in [1.807, 2.05) is 13.8 Å². The highest BCUT2D eigenvalue weighted by molar-refractivity contribution is 5.95. The fourth-order valence-corrected chi connectivity index (χ4v) is 2.77. The van der Waals surface area contributed by atoms with Gasteiger partial charge in [-0.3, -0.25) is 4.79 Å². The molecule has 1 aromatic heterocycles. The van der Waals surface area contributed by atoms with Crippen LogP contribution in [0.15, 0.2) is 6.07 Å². The zero-order valence-electron chi connectivity index (χ0n) is 12.1. The van der Waals surface area contributed by atoms with Gasteiger partial charge in [-0.2, -0.15) is 15.5 Å². The third kappa shape index (κ3) is 2.96. The van der Waals surface area contributed by atoms with Crippen LogP contribution in [0.2, 0.25) is 0 Å². The van der Waals surface area contributed by atoms with Crippen molar-refractivity contribution in [1.29, 1.82) is 5.26 Å². The molecule has 0 N–H and O–H groups in total. The third-order valence-electron chi connectivity index (χ3n) is 3.83. The normalized spacial score (nSPS) is 15.1. The first-order valence-corrected chi connectivity index (χ1v) is 7.18. The molecule has 0 saturated heterocycles. The van der Waals surface area contributed by atoms with Gasteiger partial charge in [0, 0.05) is 6.04 Å². The van der Waals surface area contributed by atoms with Gasteiger partial charge >= 0.3 is 0 Å². The Morgan fingerprint density at radius 2 is 2.15 bits per heavy atom. The van der Waals surface area contributed by atoms with Gasteiger partial charge < -0.3 is 4.90 Å². The number of hydrogen-bond acceptors (Lipinski definition) is 4. The van der Waals surface area contributed by atoms with Gasteiger partial charge in [-0.25, -0.2) is 0 Å². The average molecular weight is 272 g/mol. The second-order valence-electron chi connectivity index (χ2n) is 5.23. The molecule has 0 radical (unpaired) electrons. The van der Waals surface area contributed by atoms with Crippen molar-refractivity contribution in [3.05, 3.63) is 23.0 Å². The Hall–Kier alpha value is -1.96. The first-order valence-electron chi connectivity index (χ1n) is 7.18. The summed E-state index contributed by atoms with van der Waals surface area (Å²) in [5, 5.41) is 17.1. The molecule has 1 aliphatic carbocycles. The van der Waals surface area contributed by atoms with Gasteiger partial charge in [0.25, 0.3) is 5.91 Å². The van der Waals surface area contributed by atoms with Crippen molar-refractivity contribution >= 4 is 5.91 Å². The molecule has 1 amide bonds. The topological polar surface area (TPSA) is 69.9 Å². The van der Waals surface area contributed by atoms with Crippen LogP contribution < -0.4 is 0 Å². The first kappa shape index (κ1) is 14.4. The standard InChI is InChI=1S/C15H20N4O/c1-3-14-13(10-11(2)17-18-14)15(20)19(9-8-16)12-6-4-5-7-12/h10,12H,3-7,9H2,1-2H3. The SMILES string of the molecule is CCc1nnc(C)cc1C(=O)N(CC#N)C1CCCC1. The van der Waals surface area contributed by atoms with Gasteiger partial charge in [-0.1, -0.05) is 19.8 Å².